The van der Waals surface area contributed by atoms with E-state index in [1.807, 2.05) is 18.5 Å². The number of fused-ring (bicyclic) bond motifs is 1. The fourth-order valence-electron chi connectivity index (χ4n) is 2.81. The maximum atomic E-state index is 4.64. The highest BCUT2D eigenvalue weighted by Crippen LogP contribution is 2.29. The Kier molecular flexibility index (Phi) is 3.16. The zero-order valence-corrected chi connectivity index (χ0v) is 12.0. The molecule has 1 N–H and O–H groups in total. The zero-order chi connectivity index (χ0) is 14.8. The maximum Gasteiger partial charge on any atom is 0.110 e. The average Bonchev–Trinajstić information content (AvgIpc) is 3.08. The molecule has 0 atom stereocenters. The average molecular weight is 285 g/mol. The van der Waals surface area contributed by atoms with Crippen molar-refractivity contribution >= 4 is 10.8 Å². The highest BCUT2D eigenvalue weighted by molar-refractivity contribution is 5.95. The topological polar surface area (TPSA) is 41.6 Å². The molecule has 0 unspecified atom stereocenters. The lowest BCUT2D eigenvalue weighted by Crippen LogP contribution is -1.96. The predicted octanol–water partition coefficient (Wildman–Crippen LogP) is 4.22. The van der Waals surface area contributed by atoms with E-state index in [9.17, 15) is 0 Å². The van der Waals surface area contributed by atoms with Crippen molar-refractivity contribution in [1.82, 2.24) is 15.0 Å². The van der Waals surface area contributed by atoms with E-state index in [0.29, 0.717) is 0 Å². The molecule has 2 heterocycles. The van der Waals surface area contributed by atoms with E-state index in [4.69, 9.17) is 0 Å². The summed E-state index contributed by atoms with van der Waals surface area (Å²) in [5.41, 5.74) is 3.41. The molecule has 0 aliphatic heterocycles. The van der Waals surface area contributed by atoms with Gasteiger partial charge >= 0.3 is 0 Å². The van der Waals surface area contributed by atoms with Crippen molar-refractivity contribution in [1.29, 1.82) is 0 Å². The first-order valence-electron chi connectivity index (χ1n) is 7.32. The summed E-state index contributed by atoms with van der Waals surface area (Å²) in [6, 6.07) is 18.8. The first-order valence-corrected chi connectivity index (χ1v) is 7.32. The number of aromatic amines is 1. The van der Waals surface area contributed by atoms with Gasteiger partial charge in [0, 0.05) is 36.0 Å². The van der Waals surface area contributed by atoms with Crippen molar-refractivity contribution in [3.8, 4) is 11.3 Å². The van der Waals surface area contributed by atoms with Gasteiger partial charge in [-0.2, -0.15) is 0 Å². The predicted molar refractivity (Wildman–Crippen MR) is 88.6 cm³/mol. The van der Waals surface area contributed by atoms with Crippen LogP contribution in [0.2, 0.25) is 0 Å². The smallest absolute Gasteiger partial charge is 0.110 e. The molecule has 22 heavy (non-hydrogen) atoms. The number of aromatic nitrogens is 3. The van der Waals surface area contributed by atoms with E-state index in [1.165, 1.54) is 16.3 Å². The Hall–Kier alpha value is -2.94. The summed E-state index contributed by atoms with van der Waals surface area (Å²) in [7, 11) is 0. The Bertz CT molecular complexity index is 906. The maximum absolute atomic E-state index is 4.64. The summed E-state index contributed by atoms with van der Waals surface area (Å²) in [6.07, 6.45) is 6.29. The van der Waals surface area contributed by atoms with Crippen LogP contribution >= 0.6 is 0 Å². The van der Waals surface area contributed by atoms with Crippen LogP contribution in [0.1, 0.15) is 11.4 Å². The van der Waals surface area contributed by atoms with Crippen LogP contribution in [0.3, 0.4) is 0 Å². The molecule has 0 bridgehead atoms. The van der Waals surface area contributed by atoms with E-state index in [2.05, 4.69) is 63.5 Å². The molecule has 4 rings (SSSR count). The molecule has 106 valence electrons. The Morgan fingerprint density at radius 2 is 1.68 bits per heavy atom. The van der Waals surface area contributed by atoms with Gasteiger partial charge in [0.1, 0.15) is 5.82 Å². The molecule has 0 aliphatic carbocycles. The number of nitrogens with one attached hydrogen (secondary N) is 1. The lowest BCUT2D eigenvalue weighted by molar-refractivity contribution is 1.03. The normalized spacial score (nSPS) is 10.9. The minimum Gasteiger partial charge on any atom is -0.348 e. The molecule has 2 aromatic carbocycles. The lowest BCUT2D eigenvalue weighted by atomic mass is 9.97. The van der Waals surface area contributed by atoms with E-state index in [0.717, 1.165) is 23.5 Å². The molecule has 0 aliphatic rings. The fraction of sp³-hybridized carbons (Fsp3) is 0.0526. The molecular formula is C19H15N3. The number of benzene rings is 2. The van der Waals surface area contributed by atoms with Crippen LogP contribution in [0, 0.1) is 0 Å². The van der Waals surface area contributed by atoms with Gasteiger partial charge in [0.15, 0.2) is 0 Å². The summed E-state index contributed by atoms with van der Waals surface area (Å²) in [6.45, 7) is 0. The van der Waals surface area contributed by atoms with Gasteiger partial charge < -0.3 is 4.98 Å². The molecule has 0 fully saturated rings. The van der Waals surface area contributed by atoms with E-state index < -0.39 is 0 Å². The van der Waals surface area contributed by atoms with Crippen molar-refractivity contribution in [3.05, 3.63) is 84.6 Å². The van der Waals surface area contributed by atoms with Gasteiger partial charge in [-0.1, -0.05) is 48.5 Å². The first-order chi connectivity index (χ1) is 10.9. The standard InChI is InChI=1S/C19H15N3/c1-3-7-16-14(5-1)9-10-22-19(16)17-8-4-2-6-15(17)13-18-20-11-12-21-18/h1-12H,13H2,(H,20,21). The van der Waals surface area contributed by atoms with Gasteiger partial charge in [-0.05, 0) is 17.0 Å². The van der Waals surface area contributed by atoms with Crippen molar-refractivity contribution in [3.63, 3.8) is 0 Å². The van der Waals surface area contributed by atoms with Crippen LogP contribution in [0.5, 0.6) is 0 Å². The quantitative estimate of drug-likeness (QED) is 0.612. The van der Waals surface area contributed by atoms with Gasteiger partial charge in [-0.3, -0.25) is 4.98 Å². The van der Waals surface area contributed by atoms with Crippen molar-refractivity contribution in [2.24, 2.45) is 0 Å². The van der Waals surface area contributed by atoms with E-state index in [-0.39, 0.29) is 0 Å². The summed E-state index contributed by atoms with van der Waals surface area (Å²) in [5, 5.41) is 2.39. The second-order valence-corrected chi connectivity index (χ2v) is 5.25. The molecule has 0 radical (unpaired) electrons. The second kappa shape index (κ2) is 5.45. The summed E-state index contributed by atoms with van der Waals surface area (Å²) >= 11 is 0. The molecule has 4 aromatic rings. The molecular weight excluding hydrogens is 270 g/mol. The minimum absolute atomic E-state index is 0.772. The number of hydrogen-bond acceptors (Lipinski definition) is 2. The summed E-state index contributed by atoms with van der Waals surface area (Å²) < 4.78 is 0. The van der Waals surface area contributed by atoms with Crippen LogP contribution in [0.15, 0.2) is 73.2 Å². The van der Waals surface area contributed by atoms with E-state index >= 15 is 0 Å². The van der Waals surface area contributed by atoms with Crippen LogP contribution in [0.25, 0.3) is 22.0 Å². The number of rotatable bonds is 3. The third kappa shape index (κ3) is 2.27. The molecule has 3 nitrogen and oxygen atoms in total. The van der Waals surface area contributed by atoms with Gasteiger partial charge in [0.2, 0.25) is 0 Å². The number of imidazole rings is 1. The van der Waals surface area contributed by atoms with Crippen LogP contribution < -0.4 is 0 Å². The summed E-state index contributed by atoms with van der Waals surface area (Å²) in [5.74, 6) is 0.965. The van der Waals surface area contributed by atoms with Crippen molar-refractivity contribution < 1.29 is 0 Å². The highest BCUT2D eigenvalue weighted by Gasteiger charge is 2.10. The highest BCUT2D eigenvalue weighted by atomic mass is 14.9. The number of hydrogen-bond donors (Lipinski definition) is 1. The fourth-order valence-corrected chi connectivity index (χ4v) is 2.81. The van der Waals surface area contributed by atoms with Crippen molar-refractivity contribution in [2.75, 3.05) is 0 Å². The molecule has 2 aromatic heterocycles. The second-order valence-electron chi connectivity index (χ2n) is 5.25. The Morgan fingerprint density at radius 3 is 2.59 bits per heavy atom. The number of nitrogens with zero attached hydrogens (tertiary/aromatic N) is 2. The Balaban J connectivity index is 1.88. The van der Waals surface area contributed by atoms with Crippen molar-refractivity contribution in [2.45, 2.75) is 6.42 Å². The SMILES string of the molecule is c1ccc(-c2nccc3ccccc23)c(Cc2ncc[nH]2)c1. The molecule has 3 heteroatoms. The van der Waals surface area contributed by atoms with Crippen LogP contribution in [-0.2, 0) is 6.42 Å². The van der Waals surface area contributed by atoms with E-state index in [1.54, 1.807) is 6.20 Å². The molecule has 0 saturated carbocycles. The van der Waals surface area contributed by atoms with Crippen LogP contribution in [-0.4, -0.2) is 15.0 Å². The molecule has 0 saturated heterocycles. The molecule has 0 spiro atoms. The minimum atomic E-state index is 0.772. The Morgan fingerprint density at radius 1 is 0.818 bits per heavy atom. The monoisotopic (exact) mass is 285 g/mol. The first kappa shape index (κ1) is 12.8. The largest absolute Gasteiger partial charge is 0.348 e. The zero-order valence-electron chi connectivity index (χ0n) is 12.0. The van der Waals surface area contributed by atoms with Gasteiger partial charge in [0.05, 0.1) is 5.69 Å². The number of H-pyrrole nitrogens is 1. The van der Waals surface area contributed by atoms with Gasteiger partial charge in [-0.25, -0.2) is 4.98 Å². The number of pyridine rings is 1. The Labute approximate surface area is 128 Å². The third-order valence-corrected chi connectivity index (χ3v) is 3.86. The summed E-state index contributed by atoms with van der Waals surface area (Å²) in [4.78, 5) is 12.1. The van der Waals surface area contributed by atoms with Crippen LogP contribution in [0.4, 0.5) is 0 Å². The molecule has 0 amide bonds. The van der Waals surface area contributed by atoms with Gasteiger partial charge in [0.25, 0.3) is 0 Å². The third-order valence-electron chi connectivity index (χ3n) is 3.86. The van der Waals surface area contributed by atoms with Gasteiger partial charge in [-0.15, -0.1) is 0 Å². The lowest BCUT2D eigenvalue weighted by Gasteiger charge is -2.10.